The molecule has 2 aromatic carbocycles. The van der Waals surface area contributed by atoms with Crippen molar-refractivity contribution in [2.45, 2.75) is 25.7 Å². The standard InChI is InChI=1S/C22H20/c1-22(2)19-14-8-7-12-18(19)21-17(13-9-15-20(21)22)16-10-5-3-4-6-11-16/h3-10,12-15H,11H2,1-2H3. The molecular weight excluding hydrogens is 264 g/mol. The highest BCUT2D eigenvalue weighted by Crippen LogP contribution is 2.51. The lowest BCUT2D eigenvalue weighted by molar-refractivity contribution is 0.660. The van der Waals surface area contributed by atoms with Crippen LogP contribution in [0.1, 0.15) is 37.0 Å². The van der Waals surface area contributed by atoms with Crippen LogP contribution in [0.4, 0.5) is 0 Å². The van der Waals surface area contributed by atoms with Gasteiger partial charge in [-0.05, 0) is 39.8 Å². The van der Waals surface area contributed by atoms with Gasteiger partial charge in [-0.1, -0.05) is 86.7 Å². The number of hydrogen-bond acceptors (Lipinski definition) is 0. The minimum absolute atomic E-state index is 0.0822. The molecule has 108 valence electrons. The van der Waals surface area contributed by atoms with Gasteiger partial charge in [-0.3, -0.25) is 0 Å². The lowest BCUT2D eigenvalue weighted by Gasteiger charge is -2.21. The normalized spacial score (nSPS) is 17.6. The van der Waals surface area contributed by atoms with Gasteiger partial charge in [0.2, 0.25) is 0 Å². The van der Waals surface area contributed by atoms with Crippen LogP contribution in [0.15, 0.2) is 72.8 Å². The van der Waals surface area contributed by atoms with E-state index in [-0.39, 0.29) is 5.41 Å². The van der Waals surface area contributed by atoms with Crippen LogP contribution in [0, 0.1) is 0 Å². The van der Waals surface area contributed by atoms with Crippen molar-refractivity contribution in [1.82, 2.24) is 0 Å². The summed E-state index contributed by atoms with van der Waals surface area (Å²) in [6.07, 6.45) is 11.9. The van der Waals surface area contributed by atoms with E-state index in [4.69, 9.17) is 0 Å². The Morgan fingerprint density at radius 3 is 2.45 bits per heavy atom. The molecule has 0 heteroatoms. The van der Waals surface area contributed by atoms with E-state index in [1.807, 2.05) is 0 Å². The fourth-order valence-corrected chi connectivity index (χ4v) is 3.80. The largest absolute Gasteiger partial charge is 0.0801 e. The molecule has 0 fully saturated rings. The Balaban J connectivity index is 2.01. The number of benzene rings is 2. The molecule has 0 bridgehead atoms. The first-order valence-electron chi connectivity index (χ1n) is 7.96. The molecule has 4 rings (SSSR count). The van der Waals surface area contributed by atoms with Crippen molar-refractivity contribution >= 4 is 5.57 Å². The monoisotopic (exact) mass is 284 g/mol. The van der Waals surface area contributed by atoms with Crippen LogP contribution in [-0.4, -0.2) is 0 Å². The predicted molar refractivity (Wildman–Crippen MR) is 94.9 cm³/mol. The Morgan fingerprint density at radius 1 is 0.773 bits per heavy atom. The lowest BCUT2D eigenvalue weighted by Crippen LogP contribution is -2.14. The first-order valence-corrected chi connectivity index (χ1v) is 7.96. The highest BCUT2D eigenvalue weighted by Gasteiger charge is 2.36. The van der Waals surface area contributed by atoms with Gasteiger partial charge in [-0.25, -0.2) is 0 Å². The zero-order valence-electron chi connectivity index (χ0n) is 13.1. The van der Waals surface area contributed by atoms with Crippen LogP contribution in [-0.2, 0) is 5.41 Å². The van der Waals surface area contributed by atoms with Crippen molar-refractivity contribution in [2.24, 2.45) is 0 Å². The third-order valence-electron chi connectivity index (χ3n) is 4.95. The first-order chi connectivity index (χ1) is 10.7. The van der Waals surface area contributed by atoms with E-state index in [0.717, 1.165) is 6.42 Å². The summed E-state index contributed by atoms with van der Waals surface area (Å²) in [6, 6.07) is 15.6. The van der Waals surface area contributed by atoms with Gasteiger partial charge in [-0.2, -0.15) is 0 Å². The van der Waals surface area contributed by atoms with E-state index in [1.165, 1.54) is 33.4 Å². The van der Waals surface area contributed by atoms with Crippen LogP contribution >= 0.6 is 0 Å². The highest BCUT2D eigenvalue weighted by molar-refractivity contribution is 5.90. The minimum Gasteiger partial charge on any atom is -0.0801 e. The van der Waals surface area contributed by atoms with Gasteiger partial charge in [0.25, 0.3) is 0 Å². The fourth-order valence-electron chi connectivity index (χ4n) is 3.80. The Labute approximate surface area is 132 Å². The van der Waals surface area contributed by atoms with Crippen molar-refractivity contribution in [3.05, 3.63) is 89.5 Å². The van der Waals surface area contributed by atoms with Crippen LogP contribution in [0.2, 0.25) is 0 Å². The van der Waals surface area contributed by atoms with Gasteiger partial charge in [0.1, 0.15) is 0 Å². The Bertz CT molecular complexity index is 829. The number of hydrogen-bond donors (Lipinski definition) is 0. The first kappa shape index (κ1) is 13.3. The van der Waals surface area contributed by atoms with Crippen LogP contribution in [0.5, 0.6) is 0 Å². The van der Waals surface area contributed by atoms with Gasteiger partial charge in [0.15, 0.2) is 0 Å². The molecule has 0 aromatic heterocycles. The van der Waals surface area contributed by atoms with Gasteiger partial charge < -0.3 is 0 Å². The predicted octanol–water partition coefficient (Wildman–Crippen LogP) is 5.89. The van der Waals surface area contributed by atoms with Gasteiger partial charge in [-0.15, -0.1) is 0 Å². The molecule has 0 spiro atoms. The Morgan fingerprint density at radius 2 is 1.55 bits per heavy atom. The summed E-state index contributed by atoms with van der Waals surface area (Å²) in [5, 5.41) is 0. The van der Waals surface area contributed by atoms with Crippen molar-refractivity contribution < 1.29 is 0 Å². The molecule has 22 heavy (non-hydrogen) atoms. The molecule has 2 aliphatic carbocycles. The molecular formula is C22H20. The van der Waals surface area contributed by atoms with Crippen LogP contribution in [0.3, 0.4) is 0 Å². The molecule has 0 amide bonds. The van der Waals surface area contributed by atoms with Crippen molar-refractivity contribution in [2.75, 3.05) is 0 Å². The Kier molecular flexibility index (Phi) is 2.94. The zero-order valence-corrected chi connectivity index (χ0v) is 13.1. The summed E-state index contributed by atoms with van der Waals surface area (Å²) in [6.45, 7) is 4.67. The van der Waals surface area contributed by atoms with Crippen molar-refractivity contribution in [3.8, 4) is 11.1 Å². The quantitative estimate of drug-likeness (QED) is 0.612. The minimum atomic E-state index is 0.0822. The maximum absolute atomic E-state index is 2.34. The summed E-state index contributed by atoms with van der Waals surface area (Å²) in [5.41, 5.74) is 8.58. The average molecular weight is 284 g/mol. The third-order valence-corrected chi connectivity index (χ3v) is 4.95. The third kappa shape index (κ3) is 1.84. The van der Waals surface area contributed by atoms with E-state index in [2.05, 4.69) is 86.7 Å². The van der Waals surface area contributed by atoms with Crippen LogP contribution in [0.25, 0.3) is 16.7 Å². The molecule has 0 radical (unpaired) electrons. The molecule has 0 heterocycles. The average Bonchev–Trinajstić information content (AvgIpc) is 2.73. The van der Waals surface area contributed by atoms with Gasteiger partial charge in [0.05, 0.1) is 0 Å². The molecule has 0 unspecified atom stereocenters. The van der Waals surface area contributed by atoms with Crippen molar-refractivity contribution in [3.63, 3.8) is 0 Å². The number of allylic oxidation sites excluding steroid dienone is 6. The molecule has 0 atom stereocenters. The fraction of sp³-hybridized carbons (Fsp3) is 0.182. The smallest absolute Gasteiger partial charge is 0.0159 e. The van der Waals surface area contributed by atoms with Gasteiger partial charge in [0, 0.05) is 5.41 Å². The van der Waals surface area contributed by atoms with E-state index >= 15 is 0 Å². The second-order valence-corrected chi connectivity index (χ2v) is 6.61. The summed E-state index contributed by atoms with van der Waals surface area (Å²) in [5.74, 6) is 0. The van der Waals surface area contributed by atoms with Crippen LogP contribution < -0.4 is 0 Å². The molecule has 0 aliphatic heterocycles. The molecule has 0 saturated carbocycles. The summed E-state index contributed by atoms with van der Waals surface area (Å²) in [4.78, 5) is 0. The highest BCUT2D eigenvalue weighted by atomic mass is 14.4. The summed E-state index contributed by atoms with van der Waals surface area (Å²) >= 11 is 0. The molecule has 0 N–H and O–H groups in total. The second-order valence-electron chi connectivity index (χ2n) is 6.61. The molecule has 0 saturated heterocycles. The lowest BCUT2D eigenvalue weighted by atomic mass is 9.82. The van der Waals surface area contributed by atoms with Crippen molar-refractivity contribution in [1.29, 1.82) is 0 Å². The molecule has 0 nitrogen and oxygen atoms in total. The maximum Gasteiger partial charge on any atom is 0.0159 e. The van der Waals surface area contributed by atoms with E-state index in [0.29, 0.717) is 0 Å². The maximum atomic E-state index is 2.34. The topological polar surface area (TPSA) is 0 Å². The van der Waals surface area contributed by atoms with E-state index < -0.39 is 0 Å². The molecule has 2 aromatic rings. The summed E-state index contributed by atoms with van der Waals surface area (Å²) < 4.78 is 0. The van der Waals surface area contributed by atoms with E-state index in [9.17, 15) is 0 Å². The zero-order chi connectivity index (χ0) is 15.2. The number of fused-ring (bicyclic) bond motifs is 3. The Hall–Kier alpha value is -2.34. The van der Waals surface area contributed by atoms with Gasteiger partial charge >= 0.3 is 0 Å². The second kappa shape index (κ2) is 4.84. The SMILES string of the molecule is CC1(C)c2ccccc2-c2c(C3=CC=CC=CC3)cccc21. The number of rotatable bonds is 1. The molecule has 2 aliphatic rings. The van der Waals surface area contributed by atoms with E-state index in [1.54, 1.807) is 0 Å². The summed E-state index contributed by atoms with van der Waals surface area (Å²) in [7, 11) is 0.